The molecule has 1 aromatic heterocycles. The Morgan fingerprint density at radius 1 is 1.33 bits per heavy atom. The van der Waals surface area contributed by atoms with Crippen LogP contribution in [0.25, 0.3) is 10.6 Å². The number of hydrogen-bond acceptors (Lipinski definition) is 5. The normalized spacial score (nSPS) is 14.8. The summed E-state index contributed by atoms with van der Waals surface area (Å²) in [7, 11) is 0. The molecule has 1 aliphatic rings. The third-order valence-electron chi connectivity index (χ3n) is 2.87. The van der Waals surface area contributed by atoms with E-state index < -0.39 is 0 Å². The van der Waals surface area contributed by atoms with Gasteiger partial charge >= 0.3 is 0 Å². The molecule has 0 bridgehead atoms. The first-order chi connectivity index (χ1) is 8.65. The van der Waals surface area contributed by atoms with Gasteiger partial charge < -0.3 is 15.2 Å². The Kier molecular flexibility index (Phi) is 2.72. The van der Waals surface area contributed by atoms with Crippen molar-refractivity contribution in [1.82, 2.24) is 4.98 Å². The molecule has 5 heteroatoms. The summed E-state index contributed by atoms with van der Waals surface area (Å²) < 4.78 is 10.7. The molecule has 94 valence electrons. The predicted molar refractivity (Wildman–Crippen MR) is 71.0 cm³/mol. The summed E-state index contributed by atoms with van der Waals surface area (Å²) >= 11 is 1.63. The maximum Gasteiger partial charge on any atom is 0.231 e. The molecule has 0 fully saturated rings. The van der Waals surface area contributed by atoms with Gasteiger partial charge in [0, 0.05) is 16.5 Å². The molecular formula is C13H14N2O2S. The lowest BCUT2D eigenvalue weighted by Gasteiger charge is -2.00. The number of hydrogen-bond donors (Lipinski definition) is 1. The zero-order valence-electron chi connectivity index (χ0n) is 10.3. The van der Waals surface area contributed by atoms with Crippen molar-refractivity contribution in [1.29, 1.82) is 0 Å². The maximum atomic E-state index is 5.92. The van der Waals surface area contributed by atoms with E-state index in [9.17, 15) is 0 Å². The molecule has 1 aliphatic heterocycles. The summed E-state index contributed by atoms with van der Waals surface area (Å²) in [6, 6.07) is 5.90. The number of nitrogens with two attached hydrogens (primary N) is 1. The van der Waals surface area contributed by atoms with Crippen LogP contribution < -0.4 is 15.2 Å². The zero-order valence-corrected chi connectivity index (χ0v) is 11.1. The van der Waals surface area contributed by atoms with Gasteiger partial charge in [-0.25, -0.2) is 4.98 Å². The van der Waals surface area contributed by atoms with Crippen LogP contribution in [0.3, 0.4) is 0 Å². The second-order valence-corrected chi connectivity index (χ2v) is 5.36. The second-order valence-electron chi connectivity index (χ2n) is 4.33. The third-order valence-corrected chi connectivity index (χ3v) is 4.27. The monoisotopic (exact) mass is 262 g/mol. The average Bonchev–Trinajstić information content (AvgIpc) is 2.93. The number of rotatable bonds is 2. The minimum Gasteiger partial charge on any atom is -0.454 e. The number of aromatic nitrogens is 1. The lowest BCUT2D eigenvalue weighted by atomic mass is 10.2. The Labute approximate surface area is 109 Å². The van der Waals surface area contributed by atoms with E-state index in [4.69, 9.17) is 15.2 Å². The molecule has 0 spiro atoms. The standard InChI is InChI=1S/C13H14N2O2S/c1-7(14)12-8(2)15-13(18-12)9-3-4-10-11(5-9)17-6-16-10/h3-5,7H,6,14H2,1-2H3. The van der Waals surface area contributed by atoms with Gasteiger partial charge in [0.15, 0.2) is 11.5 Å². The Balaban J connectivity index is 2.02. The SMILES string of the molecule is Cc1nc(-c2ccc3c(c2)OCO3)sc1C(C)N. The molecule has 1 aromatic carbocycles. The Morgan fingerprint density at radius 2 is 2.11 bits per heavy atom. The summed E-state index contributed by atoms with van der Waals surface area (Å²) in [4.78, 5) is 5.70. The van der Waals surface area contributed by atoms with E-state index >= 15 is 0 Å². The van der Waals surface area contributed by atoms with Gasteiger partial charge in [-0.05, 0) is 32.0 Å². The minimum absolute atomic E-state index is 0.0188. The van der Waals surface area contributed by atoms with Gasteiger partial charge in [0.1, 0.15) is 5.01 Å². The molecule has 1 atom stereocenters. The van der Waals surface area contributed by atoms with Gasteiger partial charge in [0.05, 0.1) is 5.69 Å². The van der Waals surface area contributed by atoms with Crippen molar-refractivity contribution in [2.45, 2.75) is 19.9 Å². The van der Waals surface area contributed by atoms with Crippen LogP contribution >= 0.6 is 11.3 Å². The third kappa shape index (κ3) is 1.85. The highest BCUT2D eigenvalue weighted by Gasteiger charge is 2.17. The van der Waals surface area contributed by atoms with Crippen LogP contribution in [-0.4, -0.2) is 11.8 Å². The average molecular weight is 262 g/mol. The molecule has 18 heavy (non-hydrogen) atoms. The van der Waals surface area contributed by atoms with Crippen molar-refractivity contribution >= 4 is 11.3 Å². The van der Waals surface area contributed by atoms with Gasteiger partial charge in [-0.2, -0.15) is 0 Å². The number of fused-ring (bicyclic) bond motifs is 1. The Hall–Kier alpha value is -1.59. The molecule has 0 saturated heterocycles. The van der Waals surface area contributed by atoms with E-state index in [0.717, 1.165) is 32.6 Å². The molecule has 3 rings (SSSR count). The van der Waals surface area contributed by atoms with E-state index in [1.807, 2.05) is 32.0 Å². The topological polar surface area (TPSA) is 57.4 Å². The first-order valence-corrected chi connectivity index (χ1v) is 6.59. The van der Waals surface area contributed by atoms with Crippen molar-refractivity contribution in [3.63, 3.8) is 0 Å². The molecule has 1 unspecified atom stereocenters. The molecule has 0 radical (unpaired) electrons. The zero-order chi connectivity index (χ0) is 12.7. The molecule has 0 aliphatic carbocycles. The largest absolute Gasteiger partial charge is 0.454 e. The lowest BCUT2D eigenvalue weighted by Crippen LogP contribution is -2.03. The quantitative estimate of drug-likeness (QED) is 0.904. The van der Waals surface area contributed by atoms with Crippen LogP contribution in [0.4, 0.5) is 0 Å². The van der Waals surface area contributed by atoms with Crippen molar-refractivity contribution in [2.24, 2.45) is 5.73 Å². The molecular weight excluding hydrogens is 248 g/mol. The van der Waals surface area contributed by atoms with E-state index in [2.05, 4.69) is 4.98 Å². The van der Waals surface area contributed by atoms with Crippen LogP contribution in [0.2, 0.25) is 0 Å². The number of nitrogens with zero attached hydrogens (tertiary/aromatic N) is 1. The highest BCUT2D eigenvalue weighted by Crippen LogP contribution is 2.38. The van der Waals surface area contributed by atoms with Gasteiger partial charge in [-0.3, -0.25) is 0 Å². The first-order valence-electron chi connectivity index (χ1n) is 5.78. The van der Waals surface area contributed by atoms with Crippen LogP contribution in [0, 0.1) is 6.92 Å². The molecule has 2 aromatic rings. The van der Waals surface area contributed by atoms with Crippen molar-refractivity contribution in [2.75, 3.05) is 6.79 Å². The summed E-state index contributed by atoms with van der Waals surface area (Å²) in [6.45, 7) is 4.26. The summed E-state index contributed by atoms with van der Waals surface area (Å²) in [5.41, 5.74) is 7.97. The second kappa shape index (κ2) is 4.26. The molecule has 0 amide bonds. The van der Waals surface area contributed by atoms with Crippen LogP contribution in [0.15, 0.2) is 18.2 Å². The Morgan fingerprint density at radius 3 is 2.83 bits per heavy atom. The molecule has 2 N–H and O–H groups in total. The molecule has 2 heterocycles. The first kappa shape index (κ1) is 11.5. The van der Waals surface area contributed by atoms with E-state index in [1.165, 1.54) is 0 Å². The van der Waals surface area contributed by atoms with Crippen molar-refractivity contribution in [3.05, 3.63) is 28.8 Å². The summed E-state index contributed by atoms with van der Waals surface area (Å²) in [5, 5.41) is 0.970. The van der Waals surface area contributed by atoms with Crippen LogP contribution in [0.1, 0.15) is 23.5 Å². The van der Waals surface area contributed by atoms with E-state index in [-0.39, 0.29) is 6.04 Å². The van der Waals surface area contributed by atoms with Crippen molar-refractivity contribution in [3.8, 4) is 22.1 Å². The van der Waals surface area contributed by atoms with E-state index in [1.54, 1.807) is 11.3 Å². The fourth-order valence-electron chi connectivity index (χ4n) is 1.98. The lowest BCUT2D eigenvalue weighted by molar-refractivity contribution is 0.174. The van der Waals surface area contributed by atoms with Gasteiger partial charge in [-0.15, -0.1) is 11.3 Å². The molecule has 4 nitrogen and oxygen atoms in total. The van der Waals surface area contributed by atoms with Gasteiger partial charge in [-0.1, -0.05) is 0 Å². The van der Waals surface area contributed by atoms with Crippen molar-refractivity contribution < 1.29 is 9.47 Å². The highest BCUT2D eigenvalue weighted by atomic mass is 32.1. The van der Waals surface area contributed by atoms with Gasteiger partial charge in [0.2, 0.25) is 6.79 Å². The fourth-order valence-corrected chi connectivity index (χ4v) is 3.00. The number of thiazole rings is 1. The number of aryl methyl sites for hydroxylation is 1. The van der Waals surface area contributed by atoms with E-state index in [0.29, 0.717) is 6.79 Å². The number of benzene rings is 1. The summed E-state index contributed by atoms with van der Waals surface area (Å²) in [5.74, 6) is 1.57. The Bertz CT molecular complexity index is 593. The highest BCUT2D eigenvalue weighted by molar-refractivity contribution is 7.15. The number of ether oxygens (including phenoxy) is 2. The van der Waals surface area contributed by atoms with Crippen LogP contribution in [-0.2, 0) is 0 Å². The summed E-state index contributed by atoms with van der Waals surface area (Å²) in [6.07, 6.45) is 0. The minimum atomic E-state index is 0.0188. The maximum absolute atomic E-state index is 5.92. The van der Waals surface area contributed by atoms with Gasteiger partial charge in [0.25, 0.3) is 0 Å². The smallest absolute Gasteiger partial charge is 0.231 e. The fraction of sp³-hybridized carbons (Fsp3) is 0.308. The van der Waals surface area contributed by atoms with Crippen LogP contribution in [0.5, 0.6) is 11.5 Å². The molecule has 0 saturated carbocycles. The predicted octanol–water partition coefficient (Wildman–Crippen LogP) is 2.87.